The highest BCUT2D eigenvalue weighted by molar-refractivity contribution is 5.67. The van der Waals surface area contributed by atoms with Gasteiger partial charge in [-0.05, 0) is 74.3 Å². The third-order valence-corrected chi connectivity index (χ3v) is 7.10. The van der Waals surface area contributed by atoms with Gasteiger partial charge in [-0.3, -0.25) is 10.1 Å². The van der Waals surface area contributed by atoms with E-state index in [1.807, 2.05) is 31.3 Å². The number of hydrogen-bond donors (Lipinski definition) is 2. The van der Waals surface area contributed by atoms with Gasteiger partial charge in [0.1, 0.15) is 5.82 Å². The molecule has 0 radical (unpaired) electrons. The second kappa shape index (κ2) is 9.79. The molecule has 2 heterocycles. The SMILES string of the molecule is CCOC(=O)N[C@@H]1CC[C@@H]2[C@H](Cc3[nH]ncc3[C@H]2/C=C/c2ccc(-c3cccc(F)c3)cn2)C1. The molecule has 0 saturated heterocycles. The fourth-order valence-electron chi connectivity index (χ4n) is 5.52. The lowest BCUT2D eigenvalue weighted by Crippen LogP contribution is -2.44. The summed E-state index contributed by atoms with van der Waals surface area (Å²) in [4.78, 5) is 16.5. The molecule has 5 rings (SSSR count). The predicted molar refractivity (Wildman–Crippen MR) is 128 cm³/mol. The van der Waals surface area contributed by atoms with E-state index >= 15 is 0 Å². The van der Waals surface area contributed by atoms with Crippen LogP contribution in [0.4, 0.5) is 9.18 Å². The van der Waals surface area contributed by atoms with Crippen molar-refractivity contribution in [2.24, 2.45) is 11.8 Å². The van der Waals surface area contributed by atoms with Crippen molar-refractivity contribution in [1.29, 1.82) is 0 Å². The molecule has 2 N–H and O–H groups in total. The number of ether oxygens (including phenoxy) is 1. The fourth-order valence-corrected chi connectivity index (χ4v) is 5.52. The summed E-state index contributed by atoms with van der Waals surface area (Å²) in [5.74, 6) is 0.955. The van der Waals surface area contributed by atoms with Crippen LogP contribution in [0.25, 0.3) is 17.2 Å². The first-order chi connectivity index (χ1) is 16.6. The number of fused-ring (bicyclic) bond motifs is 2. The summed E-state index contributed by atoms with van der Waals surface area (Å²) in [7, 11) is 0. The average Bonchev–Trinajstić information content (AvgIpc) is 3.30. The Labute approximate surface area is 198 Å². The number of rotatable bonds is 5. The van der Waals surface area contributed by atoms with E-state index in [9.17, 15) is 9.18 Å². The second-order valence-corrected chi connectivity index (χ2v) is 9.17. The quantitative estimate of drug-likeness (QED) is 0.527. The average molecular weight is 461 g/mol. The van der Waals surface area contributed by atoms with Gasteiger partial charge in [-0.15, -0.1) is 0 Å². The molecule has 1 aromatic carbocycles. The number of amides is 1. The Morgan fingerprint density at radius 3 is 2.94 bits per heavy atom. The van der Waals surface area contributed by atoms with E-state index in [0.717, 1.165) is 42.5 Å². The van der Waals surface area contributed by atoms with E-state index < -0.39 is 0 Å². The number of pyridine rings is 1. The topological polar surface area (TPSA) is 79.9 Å². The molecule has 4 atom stereocenters. The summed E-state index contributed by atoms with van der Waals surface area (Å²) in [6.07, 6.45) is 11.6. The van der Waals surface area contributed by atoms with Gasteiger partial charge in [0.15, 0.2) is 0 Å². The van der Waals surface area contributed by atoms with Crippen LogP contribution in [-0.4, -0.2) is 33.9 Å². The zero-order chi connectivity index (χ0) is 23.5. The maximum atomic E-state index is 13.5. The van der Waals surface area contributed by atoms with Crippen LogP contribution in [0.15, 0.2) is 54.9 Å². The van der Waals surface area contributed by atoms with Crippen LogP contribution in [0.5, 0.6) is 0 Å². The summed E-state index contributed by atoms with van der Waals surface area (Å²) in [5, 5.41) is 10.5. The van der Waals surface area contributed by atoms with Crippen molar-refractivity contribution in [3.8, 4) is 11.1 Å². The Balaban J connectivity index is 1.32. The second-order valence-electron chi connectivity index (χ2n) is 9.17. The highest BCUT2D eigenvalue weighted by Crippen LogP contribution is 2.47. The van der Waals surface area contributed by atoms with Crippen molar-refractivity contribution < 1.29 is 13.9 Å². The first-order valence-corrected chi connectivity index (χ1v) is 12.0. The predicted octanol–water partition coefficient (Wildman–Crippen LogP) is 5.49. The van der Waals surface area contributed by atoms with E-state index in [0.29, 0.717) is 18.4 Å². The van der Waals surface area contributed by atoms with Crippen LogP contribution in [0.2, 0.25) is 0 Å². The van der Waals surface area contributed by atoms with Gasteiger partial charge in [-0.1, -0.05) is 24.3 Å². The normalized spacial score (nSPS) is 23.8. The van der Waals surface area contributed by atoms with Crippen molar-refractivity contribution in [2.45, 2.75) is 44.6 Å². The van der Waals surface area contributed by atoms with Crippen LogP contribution in [0.1, 0.15) is 49.1 Å². The Hall–Kier alpha value is -3.48. The molecule has 1 saturated carbocycles. The van der Waals surface area contributed by atoms with Gasteiger partial charge < -0.3 is 10.1 Å². The lowest BCUT2D eigenvalue weighted by atomic mass is 9.64. The minimum absolute atomic E-state index is 0.145. The molecular weight excluding hydrogens is 431 g/mol. The lowest BCUT2D eigenvalue weighted by Gasteiger charge is -2.42. The molecule has 0 aliphatic heterocycles. The number of H-pyrrole nitrogens is 1. The Morgan fingerprint density at radius 1 is 1.24 bits per heavy atom. The van der Waals surface area contributed by atoms with Crippen molar-refractivity contribution in [1.82, 2.24) is 20.5 Å². The number of aromatic nitrogens is 3. The summed E-state index contributed by atoms with van der Waals surface area (Å²) in [6.45, 7) is 2.20. The molecule has 6 nitrogen and oxygen atoms in total. The number of nitrogens with zero attached hydrogens (tertiary/aromatic N) is 2. The van der Waals surface area contributed by atoms with Crippen LogP contribution >= 0.6 is 0 Å². The Morgan fingerprint density at radius 2 is 2.15 bits per heavy atom. The monoisotopic (exact) mass is 460 g/mol. The molecule has 34 heavy (non-hydrogen) atoms. The van der Waals surface area contributed by atoms with Crippen LogP contribution in [0.3, 0.4) is 0 Å². The number of aromatic amines is 1. The molecule has 0 unspecified atom stereocenters. The van der Waals surface area contributed by atoms with Crippen LogP contribution in [0, 0.1) is 17.7 Å². The number of nitrogens with one attached hydrogen (secondary N) is 2. The highest BCUT2D eigenvalue weighted by Gasteiger charge is 2.40. The van der Waals surface area contributed by atoms with Crippen LogP contribution < -0.4 is 5.32 Å². The maximum absolute atomic E-state index is 13.5. The van der Waals surface area contributed by atoms with Gasteiger partial charge in [0.05, 0.1) is 18.5 Å². The smallest absolute Gasteiger partial charge is 0.407 e. The molecule has 0 bridgehead atoms. The van der Waals surface area contributed by atoms with Gasteiger partial charge in [-0.2, -0.15) is 5.10 Å². The van der Waals surface area contributed by atoms with Crippen LogP contribution in [-0.2, 0) is 11.2 Å². The zero-order valence-corrected chi connectivity index (χ0v) is 19.2. The van der Waals surface area contributed by atoms with Gasteiger partial charge >= 0.3 is 6.09 Å². The number of carbonyl (C=O) groups excluding carboxylic acids is 1. The van der Waals surface area contributed by atoms with Crippen molar-refractivity contribution >= 4 is 12.2 Å². The maximum Gasteiger partial charge on any atom is 0.407 e. The van der Waals surface area contributed by atoms with Gasteiger partial charge in [0, 0.05) is 35.0 Å². The summed E-state index contributed by atoms with van der Waals surface area (Å²) in [6, 6.07) is 10.6. The third-order valence-electron chi connectivity index (χ3n) is 7.10. The molecule has 2 aliphatic carbocycles. The molecule has 2 aromatic heterocycles. The molecule has 0 spiro atoms. The molecule has 2 aliphatic rings. The summed E-state index contributed by atoms with van der Waals surface area (Å²) >= 11 is 0. The van der Waals surface area contributed by atoms with Crippen molar-refractivity contribution in [3.63, 3.8) is 0 Å². The highest BCUT2D eigenvalue weighted by atomic mass is 19.1. The number of alkyl carbamates (subject to hydrolysis) is 1. The molecule has 1 fully saturated rings. The Bertz CT molecular complexity index is 1170. The molecule has 1 amide bonds. The van der Waals surface area contributed by atoms with Crippen molar-refractivity contribution in [2.75, 3.05) is 6.61 Å². The zero-order valence-electron chi connectivity index (χ0n) is 19.2. The molecular formula is C27H29FN4O2. The van der Waals surface area contributed by atoms with Crippen molar-refractivity contribution in [3.05, 3.63) is 77.6 Å². The summed E-state index contributed by atoms with van der Waals surface area (Å²) < 4.78 is 18.6. The van der Waals surface area contributed by atoms with Gasteiger partial charge in [0.25, 0.3) is 0 Å². The standard InChI is InChI=1S/C27H29FN4O2/c1-2-34-27(33)31-22-9-10-23-19(13-22)14-26-25(16-30-32-26)24(23)11-8-21-7-6-18(15-29-21)17-4-3-5-20(28)12-17/h3-8,11-12,15-16,19,22-24H,2,9-10,13-14H2,1H3,(H,30,32)(H,31,33)/b11-8+/t19-,22+,23+,24-/m0/s1. The van der Waals surface area contributed by atoms with E-state index in [-0.39, 0.29) is 23.9 Å². The molecule has 3 aromatic rings. The number of allylic oxidation sites excluding steroid dienone is 1. The molecule has 7 heteroatoms. The lowest BCUT2D eigenvalue weighted by molar-refractivity contribution is 0.129. The van der Waals surface area contributed by atoms with Gasteiger partial charge in [-0.25, -0.2) is 9.18 Å². The van der Waals surface area contributed by atoms with Gasteiger partial charge in [0.2, 0.25) is 0 Å². The summed E-state index contributed by atoms with van der Waals surface area (Å²) in [5.41, 5.74) is 5.01. The van der Waals surface area contributed by atoms with E-state index in [1.165, 1.54) is 23.4 Å². The van der Waals surface area contributed by atoms with E-state index in [4.69, 9.17) is 4.74 Å². The van der Waals surface area contributed by atoms with E-state index in [1.54, 1.807) is 12.3 Å². The number of halogens is 1. The minimum Gasteiger partial charge on any atom is -0.450 e. The fraction of sp³-hybridized carbons (Fsp3) is 0.370. The number of benzene rings is 1. The van der Waals surface area contributed by atoms with E-state index in [2.05, 4.69) is 32.7 Å². The third kappa shape index (κ3) is 4.74. The number of carbonyl (C=O) groups is 1. The first kappa shape index (κ1) is 22.3. The largest absolute Gasteiger partial charge is 0.450 e. The minimum atomic E-state index is -0.326. The Kier molecular flexibility index (Phi) is 6.43. The first-order valence-electron chi connectivity index (χ1n) is 12.0. The number of hydrogen-bond acceptors (Lipinski definition) is 4. The molecule has 176 valence electrons.